The van der Waals surface area contributed by atoms with Crippen LogP contribution >= 0.6 is 15.9 Å². The third-order valence-corrected chi connectivity index (χ3v) is 3.83. The van der Waals surface area contributed by atoms with E-state index in [0.29, 0.717) is 6.61 Å². The van der Waals surface area contributed by atoms with Gasteiger partial charge in [-0.25, -0.2) is 4.79 Å². The fourth-order valence-electron chi connectivity index (χ4n) is 1.50. The largest absolute Gasteiger partial charge is 0.482 e. The molecule has 0 unspecified atom stereocenters. The van der Waals surface area contributed by atoms with Crippen molar-refractivity contribution in [1.82, 2.24) is 0 Å². The van der Waals surface area contributed by atoms with Crippen LogP contribution in [-0.4, -0.2) is 19.2 Å². The molecule has 0 spiro atoms. The molecule has 94 valence electrons. The maximum absolute atomic E-state index is 11.2. The Bertz CT molecular complexity index is 427. The maximum Gasteiger partial charge on any atom is 0.344 e. The van der Waals surface area contributed by atoms with Gasteiger partial charge in [0.2, 0.25) is 0 Å². The van der Waals surface area contributed by atoms with Crippen molar-refractivity contribution in [3.05, 3.63) is 27.2 Å². The predicted molar refractivity (Wildman–Crippen MR) is 70.5 cm³/mol. The van der Waals surface area contributed by atoms with Crippen LogP contribution in [0.2, 0.25) is 0 Å². The molecule has 0 aliphatic heterocycles. The molecule has 1 rings (SSSR count). The molecule has 1 aromatic carbocycles. The number of esters is 1. The quantitative estimate of drug-likeness (QED) is 0.800. The van der Waals surface area contributed by atoms with E-state index in [-0.39, 0.29) is 12.6 Å². The highest BCUT2D eigenvalue weighted by atomic mass is 79.9. The molecule has 0 aliphatic carbocycles. The summed E-state index contributed by atoms with van der Waals surface area (Å²) in [6.45, 7) is 8.09. The zero-order valence-electron chi connectivity index (χ0n) is 10.6. The second kappa shape index (κ2) is 6.05. The van der Waals surface area contributed by atoms with Crippen molar-refractivity contribution < 1.29 is 14.3 Å². The number of carbonyl (C=O) groups excluding carboxylic acids is 1. The highest BCUT2D eigenvalue weighted by Gasteiger charge is 2.11. The molecule has 1 aromatic rings. The molecule has 0 saturated carbocycles. The van der Waals surface area contributed by atoms with Crippen molar-refractivity contribution in [2.24, 2.45) is 0 Å². The third-order valence-electron chi connectivity index (χ3n) is 2.61. The zero-order valence-corrected chi connectivity index (χ0v) is 12.2. The van der Waals surface area contributed by atoms with E-state index in [0.717, 1.165) is 26.9 Å². The molecule has 4 heteroatoms. The van der Waals surface area contributed by atoms with Crippen LogP contribution in [0.1, 0.15) is 23.6 Å². The third kappa shape index (κ3) is 3.46. The molecule has 0 amide bonds. The van der Waals surface area contributed by atoms with Crippen LogP contribution < -0.4 is 4.74 Å². The van der Waals surface area contributed by atoms with Crippen molar-refractivity contribution in [2.45, 2.75) is 27.7 Å². The maximum atomic E-state index is 11.2. The minimum atomic E-state index is -0.342. The molecular weight excluding hydrogens is 284 g/mol. The van der Waals surface area contributed by atoms with Gasteiger partial charge in [0.15, 0.2) is 6.61 Å². The van der Waals surface area contributed by atoms with E-state index in [1.807, 2.05) is 26.8 Å². The van der Waals surface area contributed by atoms with Gasteiger partial charge in [0.1, 0.15) is 5.75 Å². The molecule has 0 fully saturated rings. The lowest BCUT2D eigenvalue weighted by Crippen LogP contribution is -2.15. The number of aryl methyl sites for hydroxylation is 1. The van der Waals surface area contributed by atoms with Crippen LogP contribution in [0.4, 0.5) is 0 Å². The molecule has 0 aliphatic rings. The molecular formula is C13H17BrO3. The first-order chi connectivity index (χ1) is 7.97. The first-order valence-corrected chi connectivity index (χ1v) is 6.31. The molecule has 0 N–H and O–H groups in total. The predicted octanol–water partition coefficient (Wildman–Crippen LogP) is 3.32. The fraction of sp³-hybridized carbons (Fsp3) is 0.462. The van der Waals surface area contributed by atoms with E-state index in [1.165, 1.54) is 0 Å². The Hall–Kier alpha value is -1.03. The van der Waals surface area contributed by atoms with Gasteiger partial charge in [-0.2, -0.15) is 0 Å². The lowest BCUT2D eigenvalue weighted by Gasteiger charge is -2.13. The lowest BCUT2D eigenvalue weighted by atomic mass is 10.1. The summed E-state index contributed by atoms with van der Waals surface area (Å²) < 4.78 is 11.4. The summed E-state index contributed by atoms with van der Waals surface area (Å²) >= 11 is 3.52. The number of benzene rings is 1. The van der Waals surface area contributed by atoms with Crippen LogP contribution in [-0.2, 0) is 9.53 Å². The Morgan fingerprint density at radius 1 is 1.29 bits per heavy atom. The van der Waals surface area contributed by atoms with E-state index >= 15 is 0 Å². The smallest absolute Gasteiger partial charge is 0.344 e. The highest BCUT2D eigenvalue weighted by molar-refractivity contribution is 9.10. The summed E-state index contributed by atoms with van der Waals surface area (Å²) in [4.78, 5) is 11.2. The standard InChI is InChI=1S/C13H17BrO3/c1-5-16-12(15)7-17-11-6-8(2)13(14)10(4)9(11)3/h6H,5,7H2,1-4H3. The van der Waals surface area contributed by atoms with Gasteiger partial charge in [-0.1, -0.05) is 15.9 Å². The number of halogens is 1. The van der Waals surface area contributed by atoms with Gasteiger partial charge in [-0.05, 0) is 50.5 Å². The van der Waals surface area contributed by atoms with Crippen LogP contribution in [0.25, 0.3) is 0 Å². The Balaban J connectivity index is 2.82. The molecule has 0 aromatic heterocycles. The van der Waals surface area contributed by atoms with Crippen LogP contribution in [0.5, 0.6) is 5.75 Å². The zero-order chi connectivity index (χ0) is 13.0. The topological polar surface area (TPSA) is 35.5 Å². The summed E-state index contributed by atoms with van der Waals surface area (Å²) in [5, 5.41) is 0. The van der Waals surface area contributed by atoms with Crippen LogP contribution in [0.15, 0.2) is 10.5 Å². The van der Waals surface area contributed by atoms with E-state index in [1.54, 1.807) is 6.92 Å². The molecule has 0 atom stereocenters. The average molecular weight is 301 g/mol. The molecule has 0 bridgehead atoms. The van der Waals surface area contributed by atoms with Crippen molar-refractivity contribution >= 4 is 21.9 Å². The van der Waals surface area contributed by atoms with Gasteiger partial charge in [0.05, 0.1) is 6.61 Å². The Kier molecular flexibility index (Phi) is 5.00. The summed E-state index contributed by atoms with van der Waals surface area (Å²) in [6, 6.07) is 1.92. The van der Waals surface area contributed by atoms with Gasteiger partial charge in [-0.3, -0.25) is 0 Å². The van der Waals surface area contributed by atoms with Gasteiger partial charge >= 0.3 is 5.97 Å². The van der Waals surface area contributed by atoms with Crippen LogP contribution in [0, 0.1) is 20.8 Å². The minimum Gasteiger partial charge on any atom is -0.482 e. The first-order valence-electron chi connectivity index (χ1n) is 5.52. The van der Waals surface area contributed by atoms with Gasteiger partial charge in [0.25, 0.3) is 0 Å². The molecule has 0 radical (unpaired) electrons. The summed E-state index contributed by atoms with van der Waals surface area (Å²) in [5.41, 5.74) is 3.25. The van der Waals surface area contributed by atoms with Crippen molar-refractivity contribution in [3.63, 3.8) is 0 Å². The van der Waals surface area contributed by atoms with Gasteiger partial charge < -0.3 is 9.47 Å². The molecule has 0 heterocycles. The molecule has 0 saturated heterocycles. The van der Waals surface area contributed by atoms with Crippen molar-refractivity contribution in [2.75, 3.05) is 13.2 Å². The highest BCUT2D eigenvalue weighted by Crippen LogP contribution is 2.31. The normalized spacial score (nSPS) is 10.2. The van der Waals surface area contributed by atoms with Gasteiger partial charge in [-0.15, -0.1) is 0 Å². The SMILES string of the molecule is CCOC(=O)COc1cc(C)c(Br)c(C)c1C. The minimum absolute atomic E-state index is 0.0464. The Morgan fingerprint density at radius 3 is 2.53 bits per heavy atom. The molecule has 17 heavy (non-hydrogen) atoms. The summed E-state index contributed by atoms with van der Waals surface area (Å²) in [7, 11) is 0. The second-order valence-electron chi connectivity index (χ2n) is 3.85. The number of carbonyl (C=O) groups is 1. The average Bonchev–Trinajstić information content (AvgIpc) is 2.30. The van der Waals surface area contributed by atoms with Crippen LogP contribution in [0.3, 0.4) is 0 Å². The number of rotatable bonds is 4. The number of hydrogen-bond donors (Lipinski definition) is 0. The van der Waals surface area contributed by atoms with E-state index in [2.05, 4.69) is 15.9 Å². The fourth-order valence-corrected chi connectivity index (χ4v) is 1.91. The van der Waals surface area contributed by atoms with Gasteiger partial charge in [0, 0.05) is 4.47 Å². The van der Waals surface area contributed by atoms with Crippen molar-refractivity contribution in [1.29, 1.82) is 0 Å². The molecule has 3 nitrogen and oxygen atoms in total. The Morgan fingerprint density at radius 2 is 1.94 bits per heavy atom. The Labute approximate surface area is 110 Å². The number of ether oxygens (including phenoxy) is 2. The van der Waals surface area contributed by atoms with E-state index in [9.17, 15) is 4.79 Å². The van der Waals surface area contributed by atoms with E-state index < -0.39 is 0 Å². The number of hydrogen-bond acceptors (Lipinski definition) is 3. The summed E-state index contributed by atoms with van der Waals surface area (Å²) in [5.74, 6) is 0.390. The van der Waals surface area contributed by atoms with E-state index in [4.69, 9.17) is 9.47 Å². The van der Waals surface area contributed by atoms with Crippen molar-refractivity contribution in [3.8, 4) is 5.75 Å². The first kappa shape index (κ1) is 14.0. The second-order valence-corrected chi connectivity index (χ2v) is 4.64. The monoisotopic (exact) mass is 300 g/mol. The lowest BCUT2D eigenvalue weighted by molar-refractivity contribution is -0.145. The summed E-state index contributed by atoms with van der Waals surface area (Å²) in [6.07, 6.45) is 0.